The lowest BCUT2D eigenvalue weighted by Crippen LogP contribution is -2.46. The molecule has 2 aliphatic carbocycles. The number of benzene rings is 1. The van der Waals surface area contributed by atoms with Gasteiger partial charge >= 0.3 is 0 Å². The van der Waals surface area contributed by atoms with Crippen LogP contribution in [0.15, 0.2) is 18.2 Å². The maximum absolute atomic E-state index is 15.5. The normalized spacial score (nSPS) is 24.0. The second-order valence-corrected chi connectivity index (χ2v) is 10.3. The van der Waals surface area contributed by atoms with Gasteiger partial charge in [0.25, 0.3) is 5.91 Å². The minimum atomic E-state index is -0.562. The number of hydrogen-bond donors (Lipinski definition) is 1. The van der Waals surface area contributed by atoms with Gasteiger partial charge in [-0.05, 0) is 63.0 Å². The highest BCUT2D eigenvalue weighted by Gasteiger charge is 2.47. The van der Waals surface area contributed by atoms with Crippen LogP contribution in [0.5, 0.6) is 0 Å². The van der Waals surface area contributed by atoms with E-state index in [0.29, 0.717) is 18.7 Å². The van der Waals surface area contributed by atoms with Crippen molar-refractivity contribution in [3.05, 3.63) is 35.1 Å². The second kappa shape index (κ2) is 9.32. The van der Waals surface area contributed by atoms with Gasteiger partial charge in [0, 0.05) is 24.4 Å². The molecule has 0 bridgehead atoms. The van der Waals surface area contributed by atoms with Crippen molar-refractivity contribution in [3.63, 3.8) is 0 Å². The van der Waals surface area contributed by atoms with E-state index < -0.39 is 17.8 Å². The van der Waals surface area contributed by atoms with Gasteiger partial charge in [0.1, 0.15) is 5.82 Å². The number of halogens is 1. The quantitative estimate of drug-likeness (QED) is 0.700. The molecule has 1 saturated heterocycles. The number of piperidine rings is 1. The summed E-state index contributed by atoms with van der Waals surface area (Å²) in [5.74, 6) is -0.940. The van der Waals surface area contributed by atoms with Crippen molar-refractivity contribution in [2.75, 3.05) is 13.1 Å². The van der Waals surface area contributed by atoms with Gasteiger partial charge in [-0.25, -0.2) is 4.39 Å². The Kier molecular flexibility index (Phi) is 6.68. The third-order valence-electron chi connectivity index (χ3n) is 7.78. The molecule has 2 atom stereocenters. The Bertz CT molecular complexity index is 889. The molecule has 2 amide bonds. The van der Waals surface area contributed by atoms with E-state index in [2.05, 4.69) is 5.32 Å². The molecule has 5 nitrogen and oxygen atoms in total. The summed E-state index contributed by atoms with van der Waals surface area (Å²) in [5.41, 5.74) is 0.249. The van der Waals surface area contributed by atoms with Crippen molar-refractivity contribution in [2.45, 2.75) is 83.6 Å². The zero-order chi connectivity index (χ0) is 22.9. The molecule has 3 fully saturated rings. The molecule has 1 N–H and O–H groups in total. The van der Waals surface area contributed by atoms with Crippen LogP contribution in [-0.4, -0.2) is 41.6 Å². The number of carbonyl (C=O) groups is 3. The van der Waals surface area contributed by atoms with E-state index in [4.69, 9.17) is 0 Å². The second-order valence-electron chi connectivity index (χ2n) is 10.3. The lowest BCUT2D eigenvalue weighted by molar-refractivity contribution is -0.137. The molecule has 1 aromatic carbocycles. The van der Waals surface area contributed by atoms with Crippen LogP contribution in [0, 0.1) is 17.2 Å². The van der Waals surface area contributed by atoms with E-state index in [1.165, 1.54) is 13.0 Å². The predicted octanol–water partition coefficient (Wildman–Crippen LogP) is 4.60. The number of rotatable bonds is 6. The fraction of sp³-hybridized carbons (Fsp3) is 0.654. The van der Waals surface area contributed by atoms with Crippen LogP contribution in [0.3, 0.4) is 0 Å². The number of likely N-dealkylation sites (tertiary alicyclic amines) is 1. The molecule has 3 aliphatic rings. The van der Waals surface area contributed by atoms with E-state index >= 15 is 4.39 Å². The SMILES string of the molecule is CC(=O)[C@H](NC(=O)c1cccc(C2CCCN(C(=O)C3(C)CC3)C2)c1F)C1CCCCC1. The van der Waals surface area contributed by atoms with Gasteiger partial charge in [-0.2, -0.15) is 0 Å². The highest BCUT2D eigenvalue weighted by Crippen LogP contribution is 2.47. The predicted molar refractivity (Wildman–Crippen MR) is 121 cm³/mol. The summed E-state index contributed by atoms with van der Waals surface area (Å²) in [7, 11) is 0. The molecule has 0 radical (unpaired) electrons. The molecule has 174 valence electrons. The number of nitrogens with one attached hydrogen (secondary N) is 1. The Morgan fingerprint density at radius 2 is 1.81 bits per heavy atom. The molecule has 1 aliphatic heterocycles. The Labute approximate surface area is 190 Å². The van der Waals surface area contributed by atoms with Crippen molar-refractivity contribution < 1.29 is 18.8 Å². The van der Waals surface area contributed by atoms with Crippen molar-refractivity contribution in [1.82, 2.24) is 10.2 Å². The van der Waals surface area contributed by atoms with Crippen molar-refractivity contribution in [2.24, 2.45) is 11.3 Å². The fourth-order valence-electron chi connectivity index (χ4n) is 5.48. The Balaban J connectivity index is 1.49. The molecule has 0 aromatic heterocycles. The van der Waals surface area contributed by atoms with Crippen LogP contribution in [0.4, 0.5) is 4.39 Å². The molecule has 1 aromatic rings. The topological polar surface area (TPSA) is 66.5 Å². The van der Waals surface area contributed by atoms with Crippen LogP contribution < -0.4 is 5.32 Å². The number of Topliss-reactive ketones (excluding diaryl/α,β-unsaturated/α-hetero) is 1. The van der Waals surface area contributed by atoms with E-state index in [1.54, 1.807) is 12.1 Å². The molecule has 4 rings (SSSR count). The van der Waals surface area contributed by atoms with Crippen molar-refractivity contribution >= 4 is 17.6 Å². The summed E-state index contributed by atoms with van der Waals surface area (Å²) in [6, 6.07) is 4.36. The first-order chi connectivity index (χ1) is 15.3. The Hall–Kier alpha value is -2.24. The summed E-state index contributed by atoms with van der Waals surface area (Å²) in [5, 5.41) is 2.84. The summed E-state index contributed by atoms with van der Waals surface area (Å²) >= 11 is 0. The maximum atomic E-state index is 15.5. The van der Waals surface area contributed by atoms with E-state index in [-0.39, 0.29) is 34.5 Å². The van der Waals surface area contributed by atoms with Gasteiger partial charge in [-0.3, -0.25) is 14.4 Å². The zero-order valence-corrected chi connectivity index (χ0v) is 19.3. The van der Waals surface area contributed by atoms with Crippen LogP contribution in [0.2, 0.25) is 0 Å². The monoisotopic (exact) mass is 442 g/mol. The van der Waals surface area contributed by atoms with Gasteiger partial charge in [0.15, 0.2) is 5.78 Å². The largest absolute Gasteiger partial charge is 0.342 e. The van der Waals surface area contributed by atoms with Crippen molar-refractivity contribution in [1.29, 1.82) is 0 Å². The first-order valence-corrected chi connectivity index (χ1v) is 12.2. The lowest BCUT2D eigenvalue weighted by Gasteiger charge is -2.35. The number of amides is 2. The Morgan fingerprint density at radius 3 is 2.47 bits per heavy atom. The van der Waals surface area contributed by atoms with Gasteiger partial charge in [-0.15, -0.1) is 0 Å². The van der Waals surface area contributed by atoms with E-state index in [0.717, 1.165) is 57.8 Å². The minimum absolute atomic E-state index is 0.0119. The smallest absolute Gasteiger partial charge is 0.254 e. The molecule has 1 heterocycles. The lowest BCUT2D eigenvalue weighted by atomic mass is 9.82. The van der Waals surface area contributed by atoms with Crippen LogP contribution in [0.25, 0.3) is 0 Å². The highest BCUT2D eigenvalue weighted by atomic mass is 19.1. The first kappa shape index (κ1) is 22.9. The molecule has 32 heavy (non-hydrogen) atoms. The van der Waals surface area contributed by atoms with Crippen LogP contribution in [0.1, 0.15) is 93.5 Å². The summed E-state index contributed by atoms with van der Waals surface area (Å²) in [6.07, 6.45) is 8.58. The van der Waals surface area contributed by atoms with Crippen LogP contribution >= 0.6 is 0 Å². The van der Waals surface area contributed by atoms with Gasteiger partial charge in [0.2, 0.25) is 5.91 Å². The summed E-state index contributed by atoms with van der Waals surface area (Å²) in [6.45, 7) is 4.71. The van der Waals surface area contributed by atoms with Gasteiger partial charge in [-0.1, -0.05) is 38.3 Å². The number of ketones is 1. The molecule has 2 saturated carbocycles. The summed E-state index contributed by atoms with van der Waals surface area (Å²) < 4.78 is 15.5. The van der Waals surface area contributed by atoms with E-state index in [1.807, 2.05) is 11.8 Å². The maximum Gasteiger partial charge on any atom is 0.254 e. The average Bonchev–Trinajstić information content (AvgIpc) is 3.56. The fourth-order valence-corrected chi connectivity index (χ4v) is 5.48. The molecule has 0 spiro atoms. The first-order valence-electron chi connectivity index (χ1n) is 12.2. The molecular weight excluding hydrogens is 407 g/mol. The van der Waals surface area contributed by atoms with E-state index in [9.17, 15) is 14.4 Å². The number of carbonyl (C=O) groups excluding carboxylic acids is 3. The molecular formula is C26H35FN2O3. The van der Waals surface area contributed by atoms with Gasteiger partial charge < -0.3 is 10.2 Å². The standard InChI is InChI=1S/C26H35FN2O3/c1-17(30)23(18-8-4-3-5-9-18)28-24(31)21-12-6-11-20(22(21)27)19-10-7-15-29(16-19)25(32)26(2)13-14-26/h6,11-12,18-19,23H,3-5,7-10,13-16H2,1-2H3,(H,28,31)/t19?,23-/m0/s1. The third-order valence-corrected chi connectivity index (χ3v) is 7.78. The molecule has 1 unspecified atom stereocenters. The van der Waals surface area contributed by atoms with Gasteiger partial charge in [0.05, 0.1) is 11.6 Å². The highest BCUT2D eigenvalue weighted by molar-refractivity contribution is 5.98. The third kappa shape index (κ3) is 4.74. The Morgan fingerprint density at radius 1 is 1.09 bits per heavy atom. The van der Waals surface area contributed by atoms with Crippen LogP contribution in [-0.2, 0) is 9.59 Å². The van der Waals surface area contributed by atoms with Crippen molar-refractivity contribution in [3.8, 4) is 0 Å². The number of hydrogen-bond acceptors (Lipinski definition) is 3. The average molecular weight is 443 g/mol. The number of nitrogens with zero attached hydrogens (tertiary/aromatic N) is 1. The minimum Gasteiger partial charge on any atom is -0.342 e. The zero-order valence-electron chi connectivity index (χ0n) is 19.3. The summed E-state index contributed by atoms with van der Waals surface area (Å²) in [4.78, 5) is 39.9. The molecule has 6 heteroatoms.